The Kier molecular flexibility index (Phi) is 90.0. The van der Waals surface area contributed by atoms with Crippen molar-refractivity contribution in [1.29, 1.82) is 0 Å². The van der Waals surface area contributed by atoms with Gasteiger partial charge < -0.3 is 10.2 Å². The SMILES string of the molecule is Cl.O=C(O)O.[CaH2].[MgH2].[MgH2]. The largest absolute Gasteiger partial charge is 0.316 e. The Morgan fingerprint density at radius 2 is 1.12 bits per heavy atom. The van der Waals surface area contributed by atoms with Crippen LogP contribution in [0.3, 0.4) is 0 Å². The molecular weight excluding hydrogens is 184 g/mol. The van der Waals surface area contributed by atoms with Gasteiger partial charge in [0.1, 0.15) is 0 Å². The number of halogens is 1. The van der Waals surface area contributed by atoms with E-state index in [1.54, 1.807) is 0 Å². The Hall–Kier alpha value is 2.35. The summed E-state index contributed by atoms with van der Waals surface area (Å²) in [6, 6.07) is 0. The first kappa shape index (κ1) is 31.6. The fourth-order valence-electron chi connectivity index (χ4n) is 0. The Morgan fingerprint density at radius 3 is 1.12 bits per heavy atom. The quantitative estimate of drug-likeness (QED) is 0.433. The maximum absolute atomic E-state index is 8.56. The van der Waals surface area contributed by atoms with Gasteiger partial charge in [-0.05, 0) is 0 Å². The van der Waals surface area contributed by atoms with Crippen molar-refractivity contribution >= 4 is 102 Å². The van der Waals surface area contributed by atoms with Crippen LogP contribution in [0.5, 0.6) is 0 Å². The molecule has 8 heavy (non-hydrogen) atoms. The maximum atomic E-state index is 8.56. The van der Waals surface area contributed by atoms with E-state index in [2.05, 4.69) is 0 Å². The molecular formula is CH9CaClMg2O3. The molecule has 0 aromatic heterocycles. The average Bonchev–Trinajstić information content (AvgIpc) is 0.811. The van der Waals surface area contributed by atoms with Crippen molar-refractivity contribution in [2.24, 2.45) is 0 Å². The molecule has 0 amide bonds. The molecule has 0 aromatic carbocycles. The minimum atomic E-state index is -1.83. The van der Waals surface area contributed by atoms with Gasteiger partial charge in [-0.1, -0.05) is 0 Å². The van der Waals surface area contributed by atoms with Gasteiger partial charge in [-0.2, -0.15) is 0 Å². The molecule has 44 valence electrons. The summed E-state index contributed by atoms with van der Waals surface area (Å²) in [5.74, 6) is 0. The van der Waals surface area contributed by atoms with E-state index in [1.165, 1.54) is 0 Å². The van der Waals surface area contributed by atoms with Crippen molar-refractivity contribution in [2.75, 3.05) is 0 Å². The first-order valence-corrected chi connectivity index (χ1v) is 0.651. The van der Waals surface area contributed by atoms with Crippen molar-refractivity contribution in [3.05, 3.63) is 0 Å². The smallest absolute Gasteiger partial charge is 0.316 e. The van der Waals surface area contributed by atoms with E-state index >= 15 is 0 Å². The molecule has 0 bridgehead atoms. The predicted molar refractivity (Wildman–Crippen MR) is 43.5 cm³/mol. The van der Waals surface area contributed by atoms with Crippen LogP contribution >= 0.6 is 12.4 Å². The molecule has 2 N–H and O–H groups in total. The van der Waals surface area contributed by atoms with E-state index in [4.69, 9.17) is 15.0 Å². The van der Waals surface area contributed by atoms with E-state index in [-0.39, 0.29) is 96.3 Å². The van der Waals surface area contributed by atoms with Crippen LogP contribution in [0.2, 0.25) is 0 Å². The van der Waals surface area contributed by atoms with Crippen LogP contribution in [-0.4, -0.2) is 100 Å². The molecule has 3 nitrogen and oxygen atoms in total. The molecule has 0 saturated carbocycles. The fraction of sp³-hybridized carbons (Fsp3) is 0. The van der Waals surface area contributed by atoms with Crippen LogP contribution < -0.4 is 0 Å². The van der Waals surface area contributed by atoms with Gasteiger partial charge in [-0.3, -0.25) is 0 Å². The van der Waals surface area contributed by atoms with E-state index in [9.17, 15) is 0 Å². The molecule has 0 aliphatic carbocycles. The molecule has 0 heterocycles. The van der Waals surface area contributed by atoms with Crippen molar-refractivity contribution in [3.8, 4) is 0 Å². The third-order valence-electron chi connectivity index (χ3n) is 0. The second-order valence-electron chi connectivity index (χ2n) is 0.283. The molecule has 0 rings (SSSR count). The zero-order valence-corrected chi connectivity index (χ0v) is 3.03. The summed E-state index contributed by atoms with van der Waals surface area (Å²) in [5.41, 5.74) is 0. The standard InChI is InChI=1S/CH2O3.Ca.ClH.2Mg.6H/c2-1(3)4;;;;;;;;;;/h(H2,2,3,4);;1H;;;;;;;;. The van der Waals surface area contributed by atoms with Gasteiger partial charge in [0.05, 0.1) is 0 Å². The van der Waals surface area contributed by atoms with Crippen molar-refractivity contribution in [3.63, 3.8) is 0 Å². The molecule has 7 heteroatoms. The zero-order valence-electron chi connectivity index (χ0n) is 2.21. The molecule has 0 radical (unpaired) electrons. The Morgan fingerprint density at radius 1 is 1.12 bits per heavy atom. The predicted octanol–water partition coefficient (Wildman–Crippen LogP) is -2.10. The van der Waals surface area contributed by atoms with Crippen LogP contribution in [0.15, 0.2) is 0 Å². The number of hydrogen-bond acceptors (Lipinski definition) is 1. The average molecular weight is 193 g/mol. The summed E-state index contributed by atoms with van der Waals surface area (Å²) >= 11 is 0. The third kappa shape index (κ3) is 81.6. The van der Waals surface area contributed by atoms with E-state index < -0.39 is 6.16 Å². The summed E-state index contributed by atoms with van der Waals surface area (Å²) < 4.78 is 0. The van der Waals surface area contributed by atoms with Crippen LogP contribution in [0.4, 0.5) is 4.79 Å². The minimum absolute atomic E-state index is 0. The molecule has 0 spiro atoms. The monoisotopic (exact) mass is 192 g/mol. The van der Waals surface area contributed by atoms with Crippen LogP contribution in [0.25, 0.3) is 0 Å². The first-order chi connectivity index (χ1) is 1.73. The summed E-state index contributed by atoms with van der Waals surface area (Å²) in [6.45, 7) is 0. The topological polar surface area (TPSA) is 57.5 Å². The molecule has 0 aromatic rings. The summed E-state index contributed by atoms with van der Waals surface area (Å²) in [5, 5.41) is 13.9. The molecule has 0 atom stereocenters. The van der Waals surface area contributed by atoms with Gasteiger partial charge in [0, 0.05) is 0 Å². The first-order valence-electron chi connectivity index (χ1n) is 0.651. The van der Waals surface area contributed by atoms with E-state index in [0.717, 1.165) is 0 Å². The second-order valence-corrected chi connectivity index (χ2v) is 0.283. The van der Waals surface area contributed by atoms with E-state index in [1.807, 2.05) is 0 Å². The summed E-state index contributed by atoms with van der Waals surface area (Å²) in [4.78, 5) is 8.56. The van der Waals surface area contributed by atoms with Crippen molar-refractivity contribution in [1.82, 2.24) is 0 Å². The van der Waals surface area contributed by atoms with Gasteiger partial charge in [-0.15, -0.1) is 12.4 Å². The number of carbonyl (C=O) groups is 1. The van der Waals surface area contributed by atoms with Crippen LogP contribution in [-0.2, 0) is 0 Å². The molecule has 0 unspecified atom stereocenters. The van der Waals surface area contributed by atoms with Gasteiger partial charge in [0.25, 0.3) is 0 Å². The van der Waals surface area contributed by atoms with Gasteiger partial charge in [-0.25, -0.2) is 4.79 Å². The second kappa shape index (κ2) is 22.8. The van der Waals surface area contributed by atoms with Gasteiger partial charge in [0.15, 0.2) is 0 Å². The van der Waals surface area contributed by atoms with Crippen LogP contribution in [0.1, 0.15) is 0 Å². The van der Waals surface area contributed by atoms with Gasteiger partial charge in [0.2, 0.25) is 0 Å². The van der Waals surface area contributed by atoms with Crippen LogP contribution in [0, 0.1) is 0 Å². The van der Waals surface area contributed by atoms with Gasteiger partial charge >= 0.3 is 90.0 Å². The molecule has 0 fully saturated rings. The van der Waals surface area contributed by atoms with Crippen molar-refractivity contribution in [2.45, 2.75) is 0 Å². The summed E-state index contributed by atoms with van der Waals surface area (Å²) in [6.07, 6.45) is -1.83. The third-order valence-corrected chi connectivity index (χ3v) is 0. The fourth-order valence-corrected chi connectivity index (χ4v) is 0. The molecule has 0 saturated heterocycles. The summed E-state index contributed by atoms with van der Waals surface area (Å²) in [7, 11) is 0. The minimum Gasteiger partial charge on any atom is 0.316 e. The Bertz CT molecular complexity index is 40.3. The Labute approximate surface area is 115 Å². The number of hydrogen-bond donors (Lipinski definition) is 2. The number of carboxylic acid groups (broad SMARTS) is 2. The Balaban J connectivity index is -0.00000000750. The number of rotatable bonds is 0. The molecule has 0 aliphatic heterocycles. The zero-order chi connectivity index (χ0) is 3.58. The van der Waals surface area contributed by atoms with Crippen molar-refractivity contribution < 1.29 is 15.0 Å². The normalized spacial score (nSPS) is 3.00. The molecule has 0 aliphatic rings. The maximum Gasteiger partial charge on any atom is 0.316 e. The van der Waals surface area contributed by atoms with E-state index in [0.29, 0.717) is 0 Å².